The summed E-state index contributed by atoms with van der Waals surface area (Å²) in [5.41, 5.74) is 1.92. The first-order valence-electron chi connectivity index (χ1n) is 5.39. The van der Waals surface area contributed by atoms with Crippen LogP contribution in [0.1, 0.15) is 22.7 Å². The van der Waals surface area contributed by atoms with Gasteiger partial charge in [0.15, 0.2) is 5.82 Å². The van der Waals surface area contributed by atoms with E-state index in [2.05, 4.69) is 25.9 Å². The van der Waals surface area contributed by atoms with Gasteiger partial charge >= 0.3 is 0 Å². The van der Waals surface area contributed by atoms with Gasteiger partial charge in [-0.05, 0) is 25.5 Å². The summed E-state index contributed by atoms with van der Waals surface area (Å²) in [6, 6.07) is 0. The van der Waals surface area contributed by atoms with Crippen LogP contribution in [0.15, 0.2) is 16.8 Å². The lowest BCUT2D eigenvalue weighted by Gasteiger charge is -1.97. The van der Waals surface area contributed by atoms with E-state index < -0.39 is 0 Å². The van der Waals surface area contributed by atoms with Gasteiger partial charge in [-0.15, -0.1) is 10.2 Å². The predicted octanol–water partition coefficient (Wildman–Crippen LogP) is 0.739. The van der Waals surface area contributed by atoms with Crippen LogP contribution < -0.4 is 5.32 Å². The van der Waals surface area contributed by atoms with Gasteiger partial charge in [-0.2, -0.15) is 5.21 Å². The van der Waals surface area contributed by atoms with Crippen molar-refractivity contribution in [2.45, 2.75) is 20.4 Å². The molecule has 0 aliphatic heterocycles. The molecule has 2 aromatic rings. The zero-order valence-corrected chi connectivity index (χ0v) is 10.1. The number of tetrazole rings is 1. The van der Waals surface area contributed by atoms with Gasteiger partial charge in [-0.3, -0.25) is 4.79 Å². The lowest BCUT2D eigenvalue weighted by molar-refractivity contribution is -0.116. The average Bonchev–Trinajstić information content (AvgIpc) is 2.96. The molecule has 0 bridgehead atoms. The number of aromatic amines is 1. The Morgan fingerprint density at radius 1 is 1.56 bits per heavy atom. The molecule has 2 rings (SSSR count). The average molecular weight is 247 g/mol. The van der Waals surface area contributed by atoms with E-state index >= 15 is 0 Å². The first-order chi connectivity index (χ1) is 8.66. The first-order valence-corrected chi connectivity index (χ1v) is 5.39. The highest BCUT2D eigenvalue weighted by molar-refractivity contribution is 5.91. The summed E-state index contributed by atoms with van der Waals surface area (Å²) in [6.07, 6.45) is 4.83. The number of carbonyl (C=O) groups is 1. The molecular formula is C11H13N5O2. The second-order valence-corrected chi connectivity index (χ2v) is 3.77. The quantitative estimate of drug-likeness (QED) is 0.777. The summed E-state index contributed by atoms with van der Waals surface area (Å²) in [5.74, 6) is 1.00. The van der Waals surface area contributed by atoms with Crippen molar-refractivity contribution in [3.63, 3.8) is 0 Å². The van der Waals surface area contributed by atoms with Crippen LogP contribution in [0.4, 0.5) is 0 Å². The Hall–Kier alpha value is -2.44. The maximum Gasteiger partial charge on any atom is 0.244 e. The molecule has 2 N–H and O–H groups in total. The van der Waals surface area contributed by atoms with Gasteiger partial charge in [0.25, 0.3) is 0 Å². The Bertz CT molecular complexity index is 537. The number of rotatable bonds is 4. The SMILES string of the molecule is Cc1coc(C)c1/C=C/C(=O)NCc1nn[nH]n1. The molecule has 0 saturated carbocycles. The third-order valence-electron chi connectivity index (χ3n) is 2.43. The van der Waals surface area contributed by atoms with Gasteiger partial charge in [0.05, 0.1) is 12.8 Å². The second kappa shape index (κ2) is 5.26. The van der Waals surface area contributed by atoms with E-state index in [0.717, 1.165) is 16.9 Å². The number of hydrogen-bond acceptors (Lipinski definition) is 5. The van der Waals surface area contributed by atoms with E-state index in [1.54, 1.807) is 12.3 Å². The maximum absolute atomic E-state index is 11.5. The lowest BCUT2D eigenvalue weighted by atomic mass is 10.1. The van der Waals surface area contributed by atoms with Gasteiger partial charge in [0, 0.05) is 11.6 Å². The Balaban J connectivity index is 1.91. The van der Waals surface area contributed by atoms with E-state index in [9.17, 15) is 4.79 Å². The fraction of sp³-hybridized carbons (Fsp3) is 0.273. The summed E-state index contributed by atoms with van der Waals surface area (Å²) < 4.78 is 5.23. The van der Waals surface area contributed by atoms with Crippen LogP contribution in [-0.4, -0.2) is 26.5 Å². The van der Waals surface area contributed by atoms with Crippen molar-refractivity contribution < 1.29 is 9.21 Å². The molecule has 0 atom stereocenters. The molecule has 0 fully saturated rings. The van der Waals surface area contributed by atoms with Gasteiger partial charge in [0.1, 0.15) is 5.76 Å². The minimum Gasteiger partial charge on any atom is -0.469 e. The van der Waals surface area contributed by atoms with Crippen molar-refractivity contribution in [1.82, 2.24) is 25.9 Å². The number of nitrogens with zero attached hydrogens (tertiary/aromatic N) is 3. The summed E-state index contributed by atoms with van der Waals surface area (Å²) in [4.78, 5) is 11.5. The highest BCUT2D eigenvalue weighted by Gasteiger charge is 2.04. The van der Waals surface area contributed by atoms with Gasteiger partial charge in [0.2, 0.25) is 5.91 Å². The minimum atomic E-state index is -0.222. The molecule has 0 saturated heterocycles. The number of nitrogens with one attached hydrogen (secondary N) is 2. The number of aryl methyl sites for hydroxylation is 2. The van der Waals surface area contributed by atoms with Crippen molar-refractivity contribution in [3.8, 4) is 0 Å². The molecule has 0 unspecified atom stereocenters. The standard InChI is InChI=1S/C11H13N5O2/c1-7-6-18-8(2)9(7)3-4-11(17)12-5-10-13-15-16-14-10/h3-4,6H,5H2,1-2H3,(H,12,17)(H,13,14,15,16)/b4-3+. The summed E-state index contributed by atoms with van der Waals surface area (Å²) in [6.45, 7) is 4.01. The number of H-pyrrole nitrogens is 1. The zero-order chi connectivity index (χ0) is 13.0. The van der Waals surface area contributed by atoms with Crippen molar-refractivity contribution in [3.05, 3.63) is 35.1 Å². The first kappa shape index (κ1) is 12.0. The molecule has 0 radical (unpaired) electrons. The van der Waals surface area contributed by atoms with Crippen LogP contribution in [-0.2, 0) is 11.3 Å². The highest BCUT2D eigenvalue weighted by Crippen LogP contribution is 2.16. The topological polar surface area (TPSA) is 96.7 Å². The molecule has 2 aromatic heterocycles. The molecule has 0 aliphatic rings. The normalized spacial score (nSPS) is 11.0. The fourth-order valence-electron chi connectivity index (χ4n) is 1.47. The smallest absolute Gasteiger partial charge is 0.244 e. The number of amides is 1. The third kappa shape index (κ3) is 2.82. The molecule has 18 heavy (non-hydrogen) atoms. The Morgan fingerprint density at radius 3 is 3.00 bits per heavy atom. The predicted molar refractivity (Wildman–Crippen MR) is 63.2 cm³/mol. The van der Waals surface area contributed by atoms with Gasteiger partial charge in [-0.25, -0.2) is 0 Å². The van der Waals surface area contributed by atoms with E-state index in [4.69, 9.17) is 4.42 Å². The van der Waals surface area contributed by atoms with E-state index in [-0.39, 0.29) is 12.5 Å². The van der Waals surface area contributed by atoms with Crippen LogP contribution in [0.2, 0.25) is 0 Å². The summed E-state index contributed by atoms with van der Waals surface area (Å²) in [7, 11) is 0. The highest BCUT2D eigenvalue weighted by atomic mass is 16.3. The minimum absolute atomic E-state index is 0.222. The van der Waals surface area contributed by atoms with Crippen LogP contribution in [0.5, 0.6) is 0 Å². The van der Waals surface area contributed by atoms with Crippen molar-refractivity contribution in [1.29, 1.82) is 0 Å². The molecular weight excluding hydrogens is 234 g/mol. The molecule has 0 aliphatic carbocycles. The van der Waals surface area contributed by atoms with Crippen molar-refractivity contribution >= 4 is 12.0 Å². The monoisotopic (exact) mass is 247 g/mol. The molecule has 0 aromatic carbocycles. The van der Waals surface area contributed by atoms with E-state index in [1.165, 1.54) is 6.08 Å². The van der Waals surface area contributed by atoms with Crippen LogP contribution in [0, 0.1) is 13.8 Å². The zero-order valence-electron chi connectivity index (χ0n) is 10.1. The summed E-state index contributed by atoms with van der Waals surface area (Å²) >= 11 is 0. The number of hydrogen-bond donors (Lipinski definition) is 2. The van der Waals surface area contributed by atoms with E-state index in [0.29, 0.717) is 5.82 Å². The van der Waals surface area contributed by atoms with Crippen molar-refractivity contribution in [2.75, 3.05) is 0 Å². The van der Waals surface area contributed by atoms with Crippen molar-refractivity contribution in [2.24, 2.45) is 0 Å². The maximum atomic E-state index is 11.5. The Kier molecular flexibility index (Phi) is 3.52. The molecule has 0 spiro atoms. The van der Waals surface area contributed by atoms with Gasteiger partial charge < -0.3 is 9.73 Å². The Morgan fingerprint density at radius 2 is 2.39 bits per heavy atom. The van der Waals surface area contributed by atoms with Gasteiger partial charge in [-0.1, -0.05) is 5.21 Å². The molecule has 2 heterocycles. The van der Waals surface area contributed by atoms with Crippen LogP contribution in [0.3, 0.4) is 0 Å². The molecule has 7 heteroatoms. The van der Waals surface area contributed by atoms with Crippen LogP contribution in [0.25, 0.3) is 6.08 Å². The second-order valence-electron chi connectivity index (χ2n) is 3.77. The van der Waals surface area contributed by atoms with Crippen LogP contribution >= 0.6 is 0 Å². The fourth-order valence-corrected chi connectivity index (χ4v) is 1.47. The number of aromatic nitrogens is 4. The third-order valence-corrected chi connectivity index (χ3v) is 2.43. The largest absolute Gasteiger partial charge is 0.469 e. The molecule has 7 nitrogen and oxygen atoms in total. The molecule has 1 amide bonds. The molecule has 94 valence electrons. The lowest BCUT2D eigenvalue weighted by Crippen LogP contribution is -2.21. The Labute approximate surface area is 103 Å². The number of furan rings is 1. The van der Waals surface area contributed by atoms with E-state index in [1.807, 2.05) is 13.8 Å². The number of carbonyl (C=O) groups excluding carboxylic acids is 1. The summed E-state index contributed by atoms with van der Waals surface area (Å²) in [5, 5.41) is 15.8.